The number of anilines is 1. The average molecular weight is 514 g/mol. The Kier molecular flexibility index (Phi) is 8.25. The number of aryl methyl sites for hydroxylation is 3. The third-order valence-corrected chi connectivity index (χ3v) is 5.88. The summed E-state index contributed by atoms with van der Waals surface area (Å²) in [5.41, 5.74) is 0.192. The molecule has 0 bridgehead atoms. The van der Waals surface area contributed by atoms with Crippen LogP contribution in [0.1, 0.15) is 43.4 Å². The van der Waals surface area contributed by atoms with Crippen molar-refractivity contribution in [3.05, 3.63) is 29.3 Å². The van der Waals surface area contributed by atoms with Crippen molar-refractivity contribution in [2.24, 2.45) is 0 Å². The molecule has 2 aromatic heterocycles. The molecule has 3 rings (SSSR count). The summed E-state index contributed by atoms with van der Waals surface area (Å²) in [6.07, 6.45) is -3.49. The van der Waals surface area contributed by atoms with Crippen molar-refractivity contribution in [3.63, 3.8) is 0 Å². The van der Waals surface area contributed by atoms with Gasteiger partial charge in [0.2, 0.25) is 11.8 Å². The lowest BCUT2D eigenvalue weighted by Gasteiger charge is -2.35. The van der Waals surface area contributed by atoms with Crippen LogP contribution in [0.5, 0.6) is 0 Å². The maximum Gasteiger partial charge on any atom is 0.435 e. The summed E-state index contributed by atoms with van der Waals surface area (Å²) >= 11 is 0. The summed E-state index contributed by atoms with van der Waals surface area (Å²) < 4.78 is 46.0. The Morgan fingerprint density at radius 3 is 2.33 bits per heavy atom. The standard InChI is InChI=1S/C22H30F3N7O4/c1-5-36-21(35)30-10-8-29(9-11-30)20(34)16(4)32-13-17(15(3)27-32)26-19(33)6-7-31-14(2)12-18(28-31)22(23,24)25/h12-13,16H,5-11H2,1-4H3,(H,26,33). The molecule has 1 fully saturated rings. The molecular weight excluding hydrogens is 483 g/mol. The van der Waals surface area contributed by atoms with Gasteiger partial charge < -0.3 is 19.9 Å². The molecule has 0 saturated carbocycles. The molecule has 3 heterocycles. The number of carbonyl (C=O) groups excluding carboxylic acids is 3. The summed E-state index contributed by atoms with van der Waals surface area (Å²) in [6, 6.07) is 0.289. The number of alkyl halides is 3. The Balaban J connectivity index is 1.55. The fourth-order valence-electron chi connectivity index (χ4n) is 3.80. The predicted molar refractivity (Wildman–Crippen MR) is 122 cm³/mol. The number of hydrogen-bond acceptors (Lipinski definition) is 6. The monoisotopic (exact) mass is 513 g/mol. The van der Waals surface area contributed by atoms with Crippen LogP contribution in [0.15, 0.2) is 12.3 Å². The van der Waals surface area contributed by atoms with E-state index in [4.69, 9.17) is 4.74 Å². The maximum absolute atomic E-state index is 13.0. The summed E-state index contributed by atoms with van der Waals surface area (Å²) in [7, 11) is 0. The van der Waals surface area contributed by atoms with E-state index in [0.29, 0.717) is 43.3 Å². The van der Waals surface area contributed by atoms with E-state index in [1.54, 1.807) is 36.8 Å². The van der Waals surface area contributed by atoms with Crippen LogP contribution in [0.4, 0.5) is 23.7 Å². The molecule has 36 heavy (non-hydrogen) atoms. The van der Waals surface area contributed by atoms with Crippen LogP contribution < -0.4 is 5.32 Å². The van der Waals surface area contributed by atoms with Crippen LogP contribution in [0.2, 0.25) is 0 Å². The molecule has 198 valence electrons. The van der Waals surface area contributed by atoms with E-state index in [9.17, 15) is 27.6 Å². The van der Waals surface area contributed by atoms with Crippen molar-refractivity contribution in [2.45, 2.75) is 52.9 Å². The first-order chi connectivity index (χ1) is 16.9. The van der Waals surface area contributed by atoms with Crippen molar-refractivity contribution < 1.29 is 32.3 Å². The molecule has 0 spiro atoms. The molecule has 14 heteroatoms. The van der Waals surface area contributed by atoms with Crippen LogP contribution in [-0.2, 0) is 27.0 Å². The fourth-order valence-corrected chi connectivity index (χ4v) is 3.80. The van der Waals surface area contributed by atoms with Crippen LogP contribution in [0, 0.1) is 13.8 Å². The zero-order valence-corrected chi connectivity index (χ0v) is 20.6. The minimum atomic E-state index is -4.55. The number of nitrogens with one attached hydrogen (secondary N) is 1. The number of amides is 3. The minimum Gasteiger partial charge on any atom is -0.450 e. The van der Waals surface area contributed by atoms with Gasteiger partial charge in [0.05, 0.1) is 18.0 Å². The van der Waals surface area contributed by atoms with Crippen molar-refractivity contribution in [3.8, 4) is 0 Å². The number of hydrogen-bond donors (Lipinski definition) is 1. The van der Waals surface area contributed by atoms with E-state index < -0.39 is 29.9 Å². The highest BCUT2D eigenvalue weighted by Gasteiger charge is 2.34. The smallest absolute Gasteiger partial charge is 0.435 e. The number of piperazine rings is 1. The van der Waals surface area contributed by atoms with Crippen molar-refractivity contribution in [1.29, 1.82) is 0 Å². The van der Waals surface area contributed by atoms with Gasteiger partial charge in [0, 0.05) is 51.0 Å². The van der Waals surface area contributed by atoms with Gasteiger partial charge in [0.1, 0.15) is 6.04 Å². The lowest BCUT2D eigenvalue weighted by molar-refractivity contribution is -0.141. The highest BCUT2D eigenvalue weighted by atomic mass is 19.4. The summed E-state index contributed by atoms with van der Waals surface area (Å²) in [6.45, 7) is 8.34. The Labute approximate surface area is 206 Å². The zero-order valence-electron chi connectivity index (χ0n) is 20.6. The van der Waals surface area contributed by atoms with E-state index in [0.717, 1.165) is 10.7 Å². The van der Waals surface area contributed by atoms with Crippen molar-refractivity contribution >= 4 is 23.6 Å². The number of aromatic nitrogens is 4. The highest BCUT2D eigenvalue weighted by Crippen LogP contribution is 2.28. The largest absolute Gasteiger partial charge is 0.450 e. The second-order valence-corrected chi connectivity index (χ2v) is 8.49. The van der Waals surface area contributed by atoms with Crippen LogP contribution >= 0.6 is 0 Å². The summed E-state index contributed by atoms with van der Waals surface area (Å²) in [4.78, 5) is 40.4. The molecule has 3 amide bonds. The van der Waals surface area contributed by atoms with E-state index in [2.05, 4.69) is 15.5 Å². The lowest BCUT2D eigenvalue weighted by Crippen LogP contribution is -2.52. The molecular formula is C22H30F3N7O4. The molecule has 2 aromatic rings. The molecule has 1 unspecified atom stereocenters. The lowest BCUT2D eigenvalue weighted by atomic mass is 10.2. The van der Waals surface area contributed by atoms with Gasteiger partial charge in [0.15, 0.2) is 5.69 Å². The topological polar surface area (TPSA) is 115 Å². The molecule has 11 nitrogen and oxygen atoms in total. The molecule has 0 radical (unpaired) electrons. The normalized spacial score (nSPS) is 15.1. The second kappa shape index (κ2) is 11.0. The minimum absolute atomic E-state index is 0.0202. The van der Waals surface area contributed by atoms with Crippen molar-refractivity contribution in [1.82, 2.24) is 29.4 Å². The Morgan fingerprint density at radius 1 is 1.11 bits per heavy atom. The number of rotatable bonds is 7. The molecule has 1 atom stereocenters. The molecule has 1 N–H and O–H groups in total. The summed E-state index contributed by atoms with van der Waals surface area (Å²) in [5, 5.41) is 10.5. The van der Waals surface area contributed by atoms with Gasteiger partial charge in [-0.25, -0.2) is 4.79 Å². The Hall–Kier alpha value is -3.58. The quantitative estimate of drug-likeness (QED) is 0.609. The molecule has 0 aliphatic carbocycles. The van der Waals surface area contributed by atoms with Crippen LogP contribution in [0.3, 0.4) is 0 Å². The first kappa shape index (κ1) is 27.0. The SMILES string of the molecule is CCOC(=O)N1CCN(C(=O)C(C)n2cc(NC(=O)CCn3nc(C(F)(F)F)cc3C)c(C)n2)CC1. The molecule has 1 aliphatic heterocycles. The highest BCUT2D eigenvalue weighted by molar-refractivity contribution is 5.91. The van der Waals surface area contributed by atoms with Gasteiger partial charge >= 0.3 is 12.3 Å². The predicted octanol–water partition coefficient (Wildman–Crippen LogP) is 2.61. The second-order valence-electron chi connectivity index (χ2n) is 8.49. The number of nitrogens with zero attached hydrogens (tertiary/aromatic N) is 6. The van der Waals surface area contributed by atoms with Gasteiger partial charge in [-0.1, -0.05) is 0 Å². The van der Waals surface area contributed by atoms with Gasteiger partial charge in [-0.05, 0) is 33.8 Å². The van der Waals surface area contributed by atoms with Gasteiger partial charge in [-0.2, -0.15) is 23.4 Å². The number of carbonyl (C=O) groups is 3. The van der Waals surface area contributed by atoms with E-state index in [-0.39, 0.29) is 25.5 Å². The first-order valence-corrected chi connectivity index (χ1v) is 11.6. The molecule has 1 saturated heterocycles. The molecule has 1 aliphatic rings. The van der Waals surface area contributed by atoms with Gasteiger partial charge in [-0.15, -0.1) is 0 Å². The third kappa shape index (κ3) is 6.34. The number of ether oxygens (including phenoxy) is 1. The zero-order chi connectivity index (χ0) is 26.6. The van der Waals surface area contributed by atoms with Gasteiger partial charge in [0.25, 0.3) is 0 Å². The van der Waals surface area contributed by atoms with E-state index in [1.807, 2.05) is 0 Å². The Bertz CT molecular complexity index is 1100. The summed E-state index contributed by atoms with van der Waals surface area (Å²) in [5.74, 6) is -0.594. The molecule has 0 aromatic carbocycles. The maximum atomic E-state index is 13.0. The van der Waals surface area contributed by atoms with Crippen molar-refractivity contribution in [2.75, 3.05) is 38.1 Å². The van der Waals surface area contributed by atoms with E-state index >= 15 is 0 Å². The van der Waals surface area contributed by atoms with Crippen LogP contribution in [-0.4, -0.2) is 80.1 Å². The van der Waals surface area contributed by atoms with Crippen LogP contribution in [0.25, 0.3) is 0 Å². The third-order valence-electron chi connectivity index (χ3n) is 5.88. The fraction of sp³-hybridized carbons (Fsp3) is 0.591. The first-order valence-electron chi connectivity index (χ1n) is 11.6. The van der Waals surface area contributed by atoms with Gasteiger partial charge in [-0.3, -0.25) is 19.0 Å². The van der Waals surface area contributed by atoms with E-state index in [1.165, 1.54) is 11.6 Å². The number of halogens is 3. The average Bonchev–Trinajstić information content (AvgIpc) is 3.39. The Morgan fingerprint density at radius 2 is 1.75 bits per heavy atom.